The van der Waals surface area contributed by atoms with Gasteiger partial charge in [-0.2, -0.15) is 0 Å². The van der Waals surface area contributed by atoms with Crippen molar-refractivity contribution in [1.82, 2.24) is 0 Å². The molecule has 220 valence electrons. The summed E-state index contributed by atoms with van der Waals surface area (Å²) in [5.74, 6) is 0. The van der Waals surface area contributed by atoms with Crippen LogP contribution in [0.15, 0.2) is 77.7 Å². The summed E-state index contributed by atoms with van der Waals surface area (Å²) >= 11 is -2.28. The van der Waals surface area contributed by atoms with Gasteiger partial charge in [0, 0.05) is 17.1 Å². The van der Waals surface area contributed by atoms with Crippen molar-refractivity contribution in [3.63, 3.8) is 0 Å². The Labute approximate surface area is 253 Å². The molecule has 0 saturated heterocycles. The van der Waals surface area contributed by atoms with Crippen LogP contribution < -0.4 is 21.3 Å². The predicted molar refractivity (Wildman–Crippen MR) is 175 cm³/mol. The van der Waals surface area contributed by atoms with Crippen molar-refractivity contribution in [3.8, 4) is 11.1 Å². The molecule has 0 aliphatic heterocycles. The third-order valence-electron chi connectivity index (χ3n) is 8.65. The Kier molecular flexibility index (Phi) is 6.66. The number of nitrogens with one attached hydrogen (secondary N) is 1. The van der Waals surface area contributed by atoms with Gasteiger partial charge in [0.15, 0.2) is 0 Å². The molecular weight excluding hydrogens is 581 g/mol. The average molecular weight is 613 g/mol. The van der Waals surface area contributed by atoms with Gasteiger partial charge in [-0.3, -0.25) is 9.27 Å². The van der Waals surface area contributed by atoms with Crippen LogP contribution in [0.5, 0.6) is 0 Å². The third-order valence-corrected chi connectivity index (χ3v) is 9.97. The van der Waals surface area contributed by atoms with Gasteiger partial charge >= 0.3 is 0 Å². The largest absolute Gasteiger partial charge is 0.398 e. The maximum absolute atomic E-state index is 12.3. The zero-order chi connectivity index (χ0) is 31.0. The first kappa shape index (κ1) is 28.9. The smallest absolute Gasteiger partial charge is 0.259 e. The molecule has 0 bridgehead atoms. The van der Waals surface area contributed by atoms with Crippen LogP contribution in [-0.4, -0.2) is 17.2 Å². The first-order valence-corrected chi connectivity index (χ1v) is 16.2. The number of nitrogen functional groups attached to an aromatic ring is 2. The van der Waals surface area contributed by atoms with E-state index in [0.717, 1.165) is 61.0 Å². The molecule has 1 atom stereocenters. The predicted octanol–water partition coefficient (Wildman–Crippen LogP) is 5.80. The highest BCUT2D eigenvalue weighted by Gasteiger charge is 2.47. The highest BCUT2D eigenvalue weighted by atomic mass is 32.2. The van der Waals surface area contributed by atoms with E-state index in [1.807, 2.05) is 45.9 Å². The summed E-state index contributed by atoms with van der Waals surface area (Å²) < 4.78 is 48.7. The fourth-order valence-corrected chi connectivity index (χ4v) is 7.43. The molecule has 6 rings (SSSR count). The SMILES string of the molecule is Cc1cc(C2(c3cc(C)c(N)c(C)c3)c3cc(NS(=O)O)ccc3-c3cc4ccc(S(N)(=O)=O)cc4cc32)cc(C)c1N. The maximum atomic E-state index is 12.3. The van der Waals surface area contributed by atoms with Crippen molar-refractivity contribution in [2.24, 2.45) is 5.14 Å². The summed E-state index contributed by atoms with van der Waals surface area (Å²) in [6.45, 7) is 7.89. The van der Waals surface area contributed by atoms with Gasteiger partial charge in [-0.05, 0) is 131 Å². The standard InChI is InChI=1S/C33H32N4O4S2/c1-17-9-23(10-18(2)31(17)34)33(24-11-19(3)32(35)20(4)12-24)29-15-22-13-26(43(36,40)41)7-5-21(22)14-28(29)27-8-6-25(16-30(27)33)37-42(38)39/h5-16,37H,34-35H2,1-4H3,(H,38,39)(H2,36,40,41). The van der Waals surface area contributed by atoms with E-state index in [-0.39, 0.29) is 4.90 Å². The van der Waals surface area contributed by atoms with Crippen molar-refractivity contribution in [3.05, 3.63) is 117 Å². The molecule has 1 aliphatic rings. The molecule has 43 heavy (non-hydrogen) atoms. The van der Waals surface area contributed by atoms with Crippen molar-refractivity contribution < 1.29 is 17.2 Å². The first-order chi connectivity index (χ1) is 20.2. The zero-order valence-electron chi connectivity index (χ0n) is 24.1. The van der Waals surface area contributed by atoms with Gasteiger partial charge in [-0.15, -0.1) is 0 Å². The van der Waals surface area contributed by atoms with E-state index in [4.69, 9.17) is 16.6 Å². The van der Waals surface area contributed by atoms with Gasteiger partial charge in [-0.1, -0.05) is 36.4 Å². The van der Waals surface area contributed by atoms with Crippen LogP contribution in [0, 0.1) is 27.7 Å². The second kappa shape index (κ2) is 9.92. The van der Waals surface area contributed by atoms with E-state index in [1.165, 1.54) is 6.07 Å². The second-order valence-electron chi connectivity index (χ2n) is 11.4. The third kappa shape index (κ3) is 4.49. The monoisotopic (exact) mass is 612 g/mol. The van der Waals surface area contributed by atoms with E-state index < -0.39 is 26.7 Å². The first-order valence-electron chi connectivity index (χ1n) is 13.6. The molecular formula is C33H32N4O4S2. The Hall–Kier alpha value is -4.22. The molecule has 0 spiro atoms. The Morgan fingerprint density at radius 3 is 1.74 bits per heavy atom. The number of anilines is 3. The van der Waals surface area contributed by atoms with Crippen molar-refractivity contribution in [1.29, 1.82) is 0 Å². The van der Waals surface area contributed by atoms with E-state index >= 15 is 0 Å². The topological polar surface area (TPSA) is 162 Å². The quantitative estimate of drug-likeness (QED) is 0.122. The Balaban J connectivity index is 1.84. The molecule has 0 aromatic heterocycles. The van der Waals surface area contributed by atoms with Crippen LogP contribution >= 0.6 is 0 Å². The molecule has 10 heteroatoms. The van der Waals surface area contributed by atoms with Gasteiger partial charge < -0.3 is 11.5 Å². The van der Waals surface area contributed by atoms with Crippen molar-refractivity contribution >= 4 is 49.1 Å². The summed E-state index contributed by atoms with van der Waals surface area (Å²) in [7, 11) is -3.93. The lowest BCUT2D eigenvalue weighted by Gasteiger charge is -2.35. The Morgan fingerprint density at radius 1 is 0.698 bits per heavy atom. The number of nitrogens with two attached hydrogens (primary N) is 3. The highest BCUT2D eigenvalue weighted by molar-refractivity contribution is 7.89. The maximum Gasteiger partial charge on any atom is 0.259 e. The molecule has 0 heterocycles. The number of fused-ring (bicyclic) bond motifs is 4. The summed E-state index contributed by atoms with van der Waals surface area (Å²) in [4.78, 5) is 0.0244. The minimum atomic E-state index is -3.93. The van der Waals surface area contributed by atoms with Crippen LogP contribution in [0.2, 0.25) is 0 Å². The lowest BCUT2D eigenvalue weighted by molar-refractivity contribution is 0.570. The minimum absolute atomic E-state index is 0.0244. The molecule has 0 amide bonds. The Morgan fingerprint density at radius 2 is 1.23 bits per heavy atom. The highest BCUT2D eigenvalue weighted by Crippen LogP contribution is 2.58. The average Bonchev–Trinajstić information content (AvgIpc) is 3.21. The fourth-order valence-electron chi connectivity index (χ4n) is 6.56. The van der Waals surface area contributed by atoms with Crippen molar-refractivity contribution in [2.75, 3.05) is 16.2 Å². The normalized spacial score (nSPS) is 14.4. The van der Waals surface area contributed by atoms with E-state index in [9.17, 15) is 17.2 Å². The molecule has 1 unspecified atom stereocenters. The van der Waals surface area contributed by atoms with E-state index in [2.05, 4.69) is 35.1 Å². The number of aryl methyl sites for hydroxylation is 4. The number of sulfonamides is 1. The fraction of sp³-hybridized carbons (Fsp3) is 0.152. The van der Waals surface area contributed by atoms with Gasteiger partial charge in [0.05, 0.1) is 10.3 Å². The van der Waals surface area contributed by atoms with Gasteiger partial charge in [-0.25, -0.2) is 17.8 Å². The molecule has 0 fully saturated rings. The van der Waals surface area contributed by atoms with Gasteiger partial charge in [0.2, 0.25) is 10.0 Å². The number of benzene rings is 5. The zero-order valence-corrected chi connectivity index (χ0v) is 25.8. The van der Waals surface area contributed by atoms with Crippen LogP contribution in [0.1, 0.15) is 44.5 Å². The number of rotatable bonds is 5. The van der Waals surface area contributed by atoms with Crippen molar-refractivity contribution in [2.45, 2.75) is 38.0 Å². The summed E-state index contributed by atoms with van der Waals surface area (Å²) in [5.41, 5.74) is 23.1. The second-order valence-corrected chi connectivity index (χ2v) is 13.6. The van der Waals surface area contributed by atoms with Crippen LogP contribution in [0.3, 0.4) is 0 Å². The van der Waals surface area contributed by atoms with E-state index in [0.29, 0.717) is 22.4 Å². The Bertz CT molecular complexity index is 2040. The van der Waals surface area contributed by atoms with Gasteiger partial charge in [0.1, 0.15) is 0 Å². The molecule has 1 aliphatic carbocycles. The lowest BCUT2D eigenvalue weighted by atomic mass is 9.66. The number of hydrogen-bond acceptors (Lipinski definition) is 5. The minimum Gasteiger partial charge on any atom is -0.398 e. The lowest BCUT2D eigenvalue weighted by Crippen LogP contribution is -2.29. The van der Waals surface area contributed by atoms with Crippen LogP contribution in [-0.2, 0) is 26.7 Å². The molecule has 8 N–H and O–H groups in total. The number of primary sulfonamides is 1. The van der Waals surface area contributed by atoms with E-state index in [1.54, 1.807) is 18.2 Å². The summed E-state index contributed by atoms with van der Waals surface area (Å²) in [5, 5.41) is 7.07. The molecule has 8 nitrogen and oxygen atoms in total. The molecule has 5 aromatic carbocycles. The van der Waals surface area contributed by atoms with Crippen LogP contribution in [0.4, 0.5) is 17.1 Å². The van der Waals surface area contributed by atoms with Gasteiger partial charge in [0.25, 0.3) is 11.3 Å². The number of hydrogen-bond donors (Lipinski definition) is 5. The van der Waals surface area contributed by atoms with Crippen LogP contribution in [0.25, 0.3) is 21.9 Å². The molecule has 5 aromatic rings. The molecule has 0 saturated carbocycles. The summed E-state index contributed by atoms with van der Waals surface area (Å²) in [6.07, 6.45) is 0. The molecule has 0 radical (unpaired) electrons. The summed E-state index contributed by atoms with van der Waals surface area (Å²) in [6, 6.07) is 22.9.